The Kier molecular flexibility index (Phi) is 5.91. The maximum absolute atomic E-state index is 12.5. The van der Waals surface area contributed by atoms with Gasteiger partial charge in [-0.15, -0.1) is 0 Å². The molecule has 1 heterocycles. The van der Waals surface area contributed by atoms with Crippen molar-refractivity contribution >= 4 is 5.91 Å². The lowest BCUT2D eigenvalue weighted by Gasteiger charge is -2.32. The topological polar surface area (TPSA) is 70.6 Å². The van der Waals surface area contributed by atoms with Gasteiger partial charge in [0.05, 0.1) is 6.10 Å². The average Bonchev–Trinajstić information content (AvgIpc) is 2.67. The van der Waals surface area contributed by atoms with Crippen molar-refractivity contribution in [2.24, 2.45) is 5.41 Å². The molecule has 1 aliphatic heterocycles. The molecule has 1 saturated heterocycles. The number of aliphatic hydroxyl groups excluding tert-OH is 1. The van der Waals surface area contributed by atoms with Gasteiger partial charge >= 0.3 is 0 Å². The molecule has 3 N–H and O–H groups in total. The van der Waals surface area contributed by atoms with Crippen LogP contribution in [0.5, 0.6) is 11.5 Å². The Morgan fingerprint density at radius 2 is 1.85 bits per heavy atom. The number of aliphatic hydroxyl groups is 1. The van der Waals surface area contributed by atoms with Gasteiger partial charge in [0.1, 0.15) is 11.5 Å². The molecule has 5 nitrogen and oxygen atoms in total. The van der Waals surface area contributed by atoms with Crippen LogP contribution in [0.15, 0.2) is 54.6 Å². The Morgan fingerprint density at radius 3 is 2.58 bits per heavy atom. The summed E-state index contributed by atoms with van der Waals surface area (Å²) in [6.07, 6.45) is 0.855. The normalized spacial score (nSPS) is 17.3. The van der Waals surface area contributed by atoms with Crippen LogP contribution < -0.4 is 15.4 Å². The van der Waals surface area contributed by atoms with E-state index >= 15 is 0 Å². The van der Waals surface area contributed by atoms with E-state index in [2.05, 4.69) is 10.6 Å². The van der Waals surface area contributed by atoms with Crippen LogP contribution >= 0.6 is 0 Å². The summed E-state index contributed by atoms with van der Waals surface area (Å²) in [5.74, 6) is 1.41. The van der Waals surface area contributed by atoms with Crippen molar-refractivity contribution < 1.29 is 14.6 Å². The second kappa shape index (κ2) is 8.34. The Labute approximate surface area is 154 Å². The zero-order chi connectivity index (χ0) is 18.4. The van der Waals surface area contributed by atoms with Gasteiger partial charge in [0, 0.05) is 12.0 Å². The summed E-state index contributed by atoms with van der Waals surface area (Å²) in [6.45, 7) is 3.89. The lowest BCUT2D eigenvalue weighted by atomic mass is 9.80. The van der Waals surface area contributed by atoms with Crippen LogP contribution in [0.4, 0.5) is 0 Å². The van der Waals surface area contributed by atoms with Gasteiger partial charge in [-0.2, -0.15) is 0 Å². The van der Waals surface area contributed by atoms with Crippen molar-refractivity contribution in [2.75, 3.05) is 19.6 Å². The molecule has 1 fully saturated rings. The molecular weight excluding hydrogens is 328 g/mol. The first-order valence-electron chi connectivity index (χ1n) is 9.07. The molecule has 0 bridgehead atoms. The third-order valence-electron chi connectivity index (χ3n) is 4.93. The van der Waals surface area contributed by atoms with Gasteiger partial charge in [0.15, 0.2) is 0 Å². The van der Waals surface area contributed by atoms with Crippen LogP contribution in [0.3, 0.4) is 0 Å². The Hall–Kier alpha value is -2.37. The number of hydrogen-bond acceptors (Lipinski definition) is 4. The number of rotatable bonds is 6. The summed E-state index contributed by atoms with van der Waals surface area (Å²) in [4.78, 5) is 12.5. The van der Waals surface area contributed by atoms with E-state index in [1.165, 1.54) is 0 Å². The quantitative estimate of drug-likeness (QED) is 0.746. The fourth-order valence-electron chi connectivity index (χ4n) is 3.14. The molecule has 1 amide bonds. The van der Waals surface area contributed by atoms with Crippen molar-refractivity contribution in [2.45, 2.75) is 25.9 Å². The Morgan fingerprint density at radius 1 is 1.15 bits per heavy atom. The molecule has 2 aromatic carbocycles. The van der Waals surface area contributed by atoms with E-state index in [0.717, 1.165) is 31.7 Å². The number of para-hydroxylation sites is 1. The molecule has 0 saturated carbocycles. The fourth-order valence-corrected chi connectivity index (χ4v) is 3.14. The highest BCUT2D eigenvalue weighted by molar-refractivity contribution is 5.82. The summed E-state index contributed by atoms with van der Waals surface area (Å²) in [5, 5.41) is 16.6. The summed E-state index contributed by atoms with van der Waals surface area (Å²) in [7, 11) is 0. The van der Waals surface area contributed by atoms with E-state index < -0.39 is 6.10 Å². The molecule has 0 aliphatic carbocycles. The second-order valence-electron chi connectivity index (χ2n) is 7.02. The van der Waals surface area contributed by atoms with E-state index in [9.17, 15) is 9.90 Å². The van der Waals surface area contributed by atoms with Crippen molar-refractivity contribution in [3.05, 3.63) is 60.2 Å². The second-order valence-corrected chi connectivity index (χ2v) is 7.02. The number of amides is 1. The number of piperidine rings is 1. The van der Waals surface area contributed by atoms with Crippen molar-refractivity contribution in [3.63, 3.8) is 0 Å². The maximum Gasteiger partial charge on any atom is 0.226 e. The van der Waals surface area contributed by atoms with Gasteiger partial charge in [0.2, 0.25) is 5.91 Å². The Bertz CT molecular complexity index is 727. The first kappa shape index (κ1) is 18.4. The third kappa shape index (κ3) is 4.62. The zero-order valence-electron chi connectivity index (χ0n) is 15.1. The number of ether oxygens (including phenoxy) is 1. The monoisotopic (exact) mass is 354 g/mol. The van der Waals surface area contributed by atoms with Gasteiger partial charge in [-0.3, -0.25) is 4.79 Å². The molecule has 26 heavy (non-hydrogen) atoms. The lowest BCUT2D eigenvalue weighted by Crippen LogP contribution is -2.46. The van der Waals surface area contributed by atoms with E-state index in [4.69, 9.17) is 4.74 Å². The van der Waals surface area contributed by atoms with Crippen molar-refractivity contribution in [1.29, 1.82) is 0 Å². The maximum atomic E-state index is 12.5. The van der Waals surface area contributed by atoms with Crippen LogP contribution in [0.25, 0.3) is 0 Å². The molecule has 5 heteroatoms. The summed E-state index contributed by atoms with van der Waals surface area (Å²) >= 11 is 0. The van der Waals surface area contributed by atoms with Gasteiger partial charge in [0.25, 0.3) is 0 Å². The molecule has 1 aliphatic rings. The summed E-state index contributed by atoms with van der Waals surface area (Å²) in [5.41, 5.74) is 0.359. The largest absolute Gasteiger partial charge is 0.457 e. The highest BCUT2D eigenvalue weighted by atomic mass is 16.5. The van der Waals surface area contributed by atoms with E-state index in [1.54, 1.807) is 6.07 Å². The first-order chi connectivity index (χ1) is 12.6. The molecule has 2 aromatic rings. The third-order valence-corrected chi connectivity index (χ3v) is 4.93. The van der Waals surface area contributed by atoms with Crippen LogP contribution in [0.2, 0.25) is 0 Å². The van der Waals surface area contributed by atoms with Crippen LogP contribution in [0.1, 0.15) is 31.4 Å². The molecule has 138 valence electrons. The van der Waals surface area contributed by atoms with Gasteiger partial charge in [-0.05, 0) is 55.8 Å². The minimum absolute atomic E-state index is 0.00902. The number of benzene rings is 2. The van der Waals surface area contributed by atoms with Crippen LogP contribution in [0, 0.1) is 5.41 Å². The smallest absolute Gasteiger partial charge is 0.226 e. The molecular formula is C21H26N2O3. The summed E-state index contributed by atoms with van der Waals surface area (Å²) in [6, 6.07) is 16.8. The van der Waals surface area contributed by atoms with E-state index in [-0.39, 0.29) is 17.9 Å². The van der Waals surface area contributed by atoms with Crippen LogP contribution in [-0.2, 0) is 4.79 Å². The predicted molar refractivity (Wildman–Crippen MR) is 101 cm³/mol. The highest BCUT2D eigenvalue weighted by Crippen LogP contribution is 2.28. The number of hydrogen-bond donors (Lipinski definition) is 3. The molecule has 3 rings (SSSR count). The SMILES string of the molecule is CC1(C(=O)NC[C@@H](O)c2cccc(Oc3ccccc3)c2)CCNCC1. The standard InChI is InChI=1S/C21H26N2O3/c1-21(10-12-22-13-11-21)20(25)23-15-19(24)16-6-5-9-18(14-16)26-17-7-3-2-4-8-17/h2-9,14,19,22,24H,10-13,15H2,1H3,(H,23,25)/t19-/m1/s1. The van der Waals surface area contributed by atoms with Gasteiger partial charge in [-0.25, -0.2) is 0 Å². The minimum atomic E-state index is -0.774. The molecule has 0 aromatic heterocycles. The van der Waals surface area contributed by atoms with E-state index in [0.29, 0.717) is 11.3 Å². The molecule has 0 radical (unpaired) electrons. The first-order valence-corrected chi connectivity index (χ1v) is 9.07. The number of carbonyl (C=O) groups excluding carboxylic acids is 1. The van der Waals surface area contributed by atoms with Crippen molar-refractivity contribution in [3.8, 4) is 11.5 Å². The van der Waals surface area contributed by atoms with E-state index in [1.807, 2.05) is 55.5 Å². The van der Waals surface area contributed by atoms with Gasteiger partial charge < -0.3 is 20.5 Å². The molecule has 0 unspecified atom stereocenters. The lowest BCUT2D eigenvalue weighted by molar-refractivity contribution is -0.132. The highest BCUT2D eigenvalue weighted by Gasteiger charge is 2.34. The Balaban J connectivity index is 1.58. The minimum Gasteiger partial charge on any atom is -0.457 e. The van der Waals surface area contributed by atoms with Gasteiger partial charge in [-0.1, -0.05) is 37.3 Å². The molecule has 0 spiro atoms. The van der Waals surface area contributed by atoms with Crippen molar-refractivity contribution in [1.82, 2.24) is 10.6 Å². The summed E-state index contributed by atoms with van der Waals surface area (Å²) < 4.78 is 5.80. The zero-order valence-corrected chi connectivity index (χ0v) is 15.1. The molecule has 1 atom stereocenters. The fraction of sp³-hybridized carbons (Fsp3) is 0.381. The predicted octanol–water partition coefficient (Wildman–Crippen LogP) is 3.02. The van der Waals surface area contributed by atoms with Crippen LogP contribution in [-0.4, -0.2) is 30.6 Å². The average molecular weight is 354 g/mol. The number of carbonyl (C=O) groups is 1. The number of nitrogens with one attached hydrogen (secondary N) is 2.